The minimum absolute atomic E-state index is 0.0542. The van der Waals surface area contributed by atoms with Crippen molar-refractivity contribution in [3.8, 4) is 0 Å². The molecule has 0 saturated carbocycles. The molecule has 0 aliphatic rings. The van der Waals surface area contributed by atoms with E-state index in [9.17, 15) is 14.9 Å². The van der Waals surface area contributed by atoms with E-state index in [1.807, 2.05) is 24.3 Å². The molecular weight excluding hydrogens is 385 g/mol. The monoisotopic (exact) mass is 391 g/mol. The van der Waals surface area contributed by atoms with E-state index in [0.717, 1.165) is 5.52 Å². The van der Waals surface area contributed by atoms with Crippen molar-refractivity contribution < 1.29 is 4.92 Å². The van der Waals surface area contributed by atoms with E-state index in [1.54, 1.807) is 0 Å². The van der Waals surface area contributed by atoms with Crippen LogP contribution in [0.5, 0.6) is 0 Å². The van der Waals surface area contributed by atoms with Gasteiger partial charge in [-0.05, 0) is 24.3 Å². The van der Waals surface area contributed by atoms with Gasteiger partial charge in [-0.2, -0.15) is 0 Å². The van der Waals surface area contributed by atoms with Gasteiger partial charge in [0.1, 0.15) is 5.02 Å². The Hall–Kier alpha value is -2.48. The van der Waals surface area contributed by atoms with Gasteiger partial charge in [-0.25, -0.2) is 9.38 Å². The van der Waals surface area contributed by atoms with Gasteiger partial charge in [0, 0.05) is 16.7 Å². The first kappa shape index (κ1) is 16.0. The molecule has 0 amide bonds. The van der Waals surface area contributed by atoms with Gasteiger partial charge in [-0.1, -0.05) is 46.7 Å². The van der Waals surface area contributed by atoms with Gasteiger partial charge >= 0.3 is 0 Å². The van der Waals surface area contributed by atoms with Crippen LogP contribution in [-0.4, -0.2) is 14.3 Å². The second-order valence-corrected chi connectivity index (χ2v) is 7.04. The number of benzene rings is 2. The predicted molar refractivity (Wildman–Crippen MR) is 98.7 cm³/mol. The van der Waals surface area contributed by atoms with E-state index in [0.29, 0.717) is 20.6 Å². The average Bonchev–Trinajstić information content (AvgIpc) is 3.06. The van der Waals surface area contributed by atoms with Gasteiger partial charge in [0.05, 0.1) is 20.5 Å². The maximum absolute atomic E-state index is 12.7. The summed E-state index contributed by atoms with van der Waals surface area (Å²) in [4.78, 5) is 28.1. The summed E-state index contributed by atoms with van der Waals surface area (Å²) in [6.07, 6.45) is 1.52. The number of nitro benzene ring substituents is 1. The third-order valence-electron chi connectivity index (χ3n) is 3.69. The van der Waals surface area contributed by atoms with Crippen molar-refractivity contribution in [3.63, 3.8) is 0 Å². The molecule has 0 radical (unpaired) electrons. The zero-order valence-electron chi connectivity index (χ0n) is 12.3. The Kier molecular flexibility index (Phi) is 3.72. The Balaban J connectivity index is 1.99. The fourth-order valence-electron chi connectivity index (χ4n) is 2.56. The number of nitro groups is 1. The lowest BCUT2D eigenvalue weighted by atomic mass is 10.2. The molecule has 0 fully saturated rings. The molecule has 0 bridgehead atoms. The fourth-order valence-corrected chi connectivity index (χ4v) is 4.04. The van der Waals surface area contributed by atoms with Crippen molar-refractivity contribution in [2.75, 3.05) is 0 Å². The summed E-state index contributed by atoms with van der Waals surface area (Å²) in [6, 6.07) is 9.88. The average molecular weight is 392 g/mol. The van der Waals surface area contributed by atoms with E-state index in [-0.39, 0.29) is 21.3 Å². The Morgan fingerprint density at radius 1 is 1.20 bits per heavy atom. The van der Waals surface area contributed by atoms with Crippen LogP contribution in [0.1, 0.15) is 5.56 Å². The van der Waals surface area contributed by atoms with Crippen molar-refractivity contribution in [1.29, 1.82) is 0 Å². The lowest BCUT2D eigenvalue weighted by molar-refractivity contribution is -0.384. The molecule has 0 aliphatic heterocycles. The smallest absolute Gasteiger partial charge is 0.267 e. The van der Waals surface area contributed by atoms with Crippen molar-refractivity contribution in [2.45, 2.75) is 0 Å². The quantitative estimate of drug-likeness (QED) is 0.385. The molecule has 6 nitrogen and oxygen atoms in total. The van der Waals surface area contributed by atoms with Crippen LogP contribution in [0.3, 0.4) is 0 Å². The van der Waals surface area contributed by atoms with Crippen LogP contribution in [-0.2, 0) is 0 Å². The molecule has 0 spiro atoms. The molecule has 9 heteroatoms. The van der Waals surface area contributed by atoms with Crippen molar-refractivity contribution in [1.82, 2.24) is 9.38 Å². The first-order valence-electron chi connectivity index (χ1n) is 7.01. The first-order chi connectivity index (χ1) is 12.0. The number of halogens is 2. The molecule has 2 aromatic heterocycles. The molecule has 0 unspecified atom stereocenters. The van der Waals surface area contributed by atoms with Crippen molar-refractivity contribution >= 4 is 62.3 Å². The summed E-state index contributed by atoms with van der Waals surface area (Å²) < 4.78 is 1.90. The molecule has 124 valence electrons. The highest BCUT2D eigenvalue weighted by molar-refractivity contribution is 7.15. The summed E-state index contributed by atoms with van der Waals surface area (Å²) >= 11 is 13.1. The van der Waals surface area contributed by atoms with E-state index in [4.69, 9.17) is 23.2 Å². The maximum atomic E-state index is 12.7. The van der Waals surface area contributed by atoms with Crippen LogP contribution in [0.2, 0.25) is 10.0 Å². The van der Waals surface area contributed by atoms with Gasteiger partial charge in [0.25, 0.3) is 11.2 Å². The van der Waals surface area contributed by atoms with E-state index in [2.05, 4.69) is 4.98 Å². The summed E-state index contributed by atoms with van der Waals surface area (Å²) in [6.45, 7) is 0. The standard InChI is InChI=1S/C16H7Cl2N3O3S/c17-9-7-10(18)13(21(23)24)5-8(9)6-14-15(22)20-12-4-2-1-3-11(12)19-16(20)25-14/h1-7H. The molecule has 4 rings (SSSR count). The lowest BCUT2D eigenvalue weighted by Crippen LogP contribution is -2.22. The highest BCUT2D eigenvalue weighted by atomic mass is 35.5. The molecule has 0 aliphatic carbocycles. The van der Waals surface area contributed by atoms with Crippen LogP contribution < -0.4 is 10.1 Å². The normalized spacial score (nSPS) is 12.3. The van der Waals surface area contributed by atoms with Gasteiger partial charge in [-0.3, -0.25) is 14.9 Å². The Bertz CT molecular complexity index is 1280. The topological polar surface area (TPSA) is 77.5 Å². The summed E-state index contributed by atoms with van der Waals surface area (Å²) in [5.74, 6) is 0. The molecule has 0 N–H and O–H groups in total. The van der Waals surface area contributed by atoms with E-state index < -0.39 is 4.92 Å². The largest absolute Gasteiger partial charge is 0.288 e. The molecule has 2 heterocycles. The number of fused-ring (bicyclic) bond motifs is 3. The van der Waals surface area contributed by atoms with Crippen LogP contribution in [0, 0.1) is 10.1 Å². The summed E-state index contributed by atoms with van der Waals surface area (Å²) in [5.41, 5.74) is 1.28. The van der Waals surface area contributed by atoms with Crippen LogP contribution in [0.15, 0.2) is 41.2 Å². The fraction of sp³-hybridized carbons (Fsp3) is 0. The maximum Gasteiger partial charge on any atom is 0.288 e. The number of para-hydroxylation sites is 2. The predicted octanol–water partition coefficient (Wildman–Crippen LogP) is 3.67. The van der Waals surface area contributed by atoms with Crippen LogP contribution in [0.4, 0.5) is 5.69 Å². The second kappa shape index (κ2) is 5.80. The van der Waals surface area contributed by atoms with Crippen LogP contribution >= 0.6 is 34.5 Å². The molecular formula is C16H7Cl2N3O3S. The number of hydrogen-bond donors (Lipinski definition) is 0. The van der Waals surface area contributed by atoms with Crippen LogP contribution in [0.25, 0.3) is 22.1 Å². The number of thiazole rings is 1. The number of hydrogen-bond acceptors (Lipinski definition) is 5. The molecule has 4 aromatic rings. The number of nitrogens with zero attached hydrogens (tertiary/aromatic N) is 3. The first-order valence-corrected chi connectivity index (χ1v) is 8.58. The Labute approximate surface area is 153 Å². The van der Waals surface area contributed by atoms with Crippen molar-refractivity contribution in [3.05, 3.63) is 77.0 Å². The highest BCUT2D eigenvalue weighted by Gasteiger charge is 2.16. The highest BCUT2D eigenvalue weighted by Crippen LogP contribution is 2.31. The lowest BCUT2D eigenvalue weighted by Gasteiger charge is -2.00. The minimum Gasteiger partial charge on any atom is -0.267 e. The van der Waals surface area contributed by atoms with Gasteiger partial charge in [-0.15, -0.1) is 0 Å². The SMILES string of the molecule is O=c1c(=Cc2cc([N+](=O)[O-])c(Cl)cc2Cl)sc2nc3ccccc3n12. The molecule has 0 atom stereocenters. The third kappa shape index (κ3) is 2.57. The summed E-state index contributed by atoms with van der Waals surface area (Å²) in [5, 5.41) is 11.2. The molecule has 0 saturated heterocycles. The zero-order chi connectivity index (χ0) is 17.7. The zero-order valence-corrected chi connectivity index (χ0v) is 14.6. The van der Waals surface area contributed by atoms with E-state index in [1.165, 1.54) is 33.9 Å². The van der Waals surface area contributed by atoms with Gasteiger partial charge < -0.3 is 0 Å². The third-order valence-corrected chi connectivity index (χ3v) is 5.29. The van der Waals surface area contributed by atoms with Crippen molar-refractivity contribution in [2.24, 2.45) is 0 Å². The number of aromatic nitrogens is 2. The molecule has 2 aromatic carbocycles. The van der Waals surface area contributed by atoms with E-state index >= 15 is 0 Å². The second-order valence-electron chi connectivity index (χ2n) is 5.22. The minimum atomic E-state index is -0.594. The number of rotatable bonds is 2. The van der Waals surface area contributed by atoms with Gasteiger partial charge in [0.15, 0.2) is 4.96 Å². The van der Waals surface area contributed by atoms with Gasteiger partial charge in [0.2, 0.25) is 0 Å². The Morgan fingerprint density at radius 3 is 2.72 bits per heavy atom. The number of imidazole rings is 1. The molecule has 25 heavy (non-hydrogen) atoms. The summed E-state index contributed by atoms with van der Waals surface area (Å²) in [7, 11) is 0. The Morgan fingerprint density at radius 2 is 1.96 bits per heavy atom.